The van der Waals surface area contributed by atoms with Gasteiger partial charge in [-0.15, -0.1) is 0 Å². The van der Waals surface area contributed by atoms with Gasteiger partial charge in [0.15, 0.2) is 6.33 Å². The summed E-state index contributed by atoms with van der Waals surface area (Å²) in [6, 6.07) is 0. The van der Waals surface area contributed by atoms with Gasteiger partial charge in [0.1, 0.15) is 0 Å². The Morgan fingerprint density at radius 1 is 1.40 bits per heavy atom. The molecule has 1 heterocycles. The van der Waals surface area contributed by atoms with Crippen molar-refractivity contribution in [2.75, 3.05) is 0 Å². The Bertz CT molecular complexity index is 335. The average Bonchev–Trinajstić information content (AvgIpc) is 2.89. The Balaban J connectivity index is 1.89. The van der Waals surface area contributed by atoms with Crippen LogP contribution >= 0.6 is 0 Å². The van der Waals surface area contributed by atoms with Crippen molar-refractivity contribution in [1.29, 1.82) is 0 Å². The van der Waals surface area contributed by atoms with E-state index < -0.39 is 0 Å². The van der Waals surface area contributed by atoms with Crippen LogP contribution in [0.3, 0.4) is 0 Å². The summed E-state index contributed by atoms with van der Waals surface area (Å²) in [5.74, 6) is 2.32. The summed E-state index contributed by atoms with van der Waals surface area (Å²) in [5.41, 5.74) is 0.506. The predicted octanol–water partition coefficient (Wildman–Crippen LogP) is 3.14. The fraction of sp³-hybridized carbons (Fsp3) is 0.833. The lowest BCUT2D eigenvalue weighted by molar-refractivity contribution is 0.215. The summed E-state index contributed by atoms with van der Waals surface area (Å²) in [6.07, 6.45) is 9.59. The van der Waals surface area contributed by atoms with E-state index in [9.17, 15) is 0 Å². The van der Waals surface area contributed by atoms with E-state index in [0.717, 1.165) is 11.8 Å². The smallest absolute Gasteiger partial charge is 0.230 e. The summed E-state index contributed by atoms with van der Waals surface area (Å²) in [5, 5.41) is 3.75. The summed E-state index contributed by atoms with van der Waals surface area (Å²) in [7, 11) is 0. The maximum Gasteiger partial charge on any atom is 0.230 e. The van der Waals surface area contributed by atoms with Gasteiger partial charge in [0.05, 0.1) is 0 Å². The van der Waals surface area contributed by atoms with Crippen molar-refractivity contribution < 1.29 is 4.52 Å². The third-order valence-electron chi connectivity index (χ3n) is 4.47. The van der Waals surface area contributed by atoms with Gasteiger partial charge in [0.2, 0.25) is 5.89 Å². The highest BCUT2D eigenvalue weighted by atomic mass is 16.5. The molecule has 0 N–H and O–H groups in total. The summed E-state index contributed by atoms with van der Waals surface area (Å²) < 4.78 is 5.28. The lowest BCUT2D eigenvalue weighted by Crippen LogP contribution is -2.20. The van der Waals surface area contributed by atoms with Gasteiger partial charge in [-0.3, -0.25) is 0 Å². The molecule has 0 aromatic carbocycles. The summed E-state index contributed by atoms with van der Waals surface area (Å²) in [6.45, 7) is 2.37. The first-order chi connectivity index (χ1) is 7.30. The van der Waals surface area contributed by atoms with Gasteiger partial charge in [0.25, 0.3) is 0 Å². The van der Waals surface area contributed by atoms with Gasteiger partial charge >= 0.3 is 0 Å². The molecule has 3 unspecified atom stereocenters. The van der Waals surface area contributed by atoms with Crippen LogP contribution in [0, 0.1) is 11.3 Å². The highest BCUT2D eigenvalue weighted by Crippen LogP contribution is 2.59. The average molecular weight is 206 g/mol. The summed E-state index contributed by atoms with van der Waals surface area (Å²) in [4.78, 5) is 4.26. The fourth-order valence-corrected chi connectivity index (χ4v) is 3.83. The standard InChI is InChI=1S/C12H18N2O/c1-9-4-6-12(7-9)5-2-3-10(12)11-13-8-14-15-11/h8-10H,2-7H2,1H3. The Labute approximate surface area is 90.3 Å². The molecule has 3 atom stereocenters. The van der Waals surface area contributed by atoms with Crippen LogP contribution < -0.4 is 0 Å². The van der Waals surface area contributed by atoms with Crippen LogP contribution in [0.2, 0.25) is 0 Å². The van der Waals surface area contributed by atoms with Crippen molar-refractivity contribution in [1.82, 2.24) is 10.1 Å². The molecule has 1 aromatic heterocycles. The van der Waals surface area contributed by atoms with E-state index in [2.05, 4.69) is 17.1 Å². The van der Waals surface area contributed by atoms with E-state index in [0.29, 0.717) is 11.3 Å². The zero-order chi connectivity index (χ0) is 10.3. The number of hydrogen-bond acceptors (Lipinski definition) is 3. The molecule has 0 radical (unpaired) electrons. The van der Waals surface area contributed by atoms with Gasteiger partial charge in [-0.2, -0.15) is 4.98 Å². The lowest BCUT2D eigenvalue weighted by atomic mass is 9.75. The second kappa shape index (κ2) is 3.32. The Morgan fingerprint density at radius 3 is 3.00 bits per heavy atom. The molecule has 0 saturated heterocycles. The Hall–Kier alpha value is -0.860. The second-order valence-electron chi connectivity index (χ2n) is 5.43. The molecule has 3 rings (SSSR count). The maximum absolute atomic E-state index is 5.28. The lowest BCUT2D eigenvalue weighted by Gasteiger charge is -2.28. The van der Waals surface area contributed by atoms with Crippen molar-refractivity contribution in [3.63, 3.8) is 0 Å². The first kappa shape index (κ1) is 9.37. The quantitative estimate of drug-likeness (QED) is 0.708. The molecule has 0 amide bonds. The maximum atomic E-state index is 5.28. The Kier molecular flexibility index (Phi) is 2.08. The minimum atomic E-state index is 0.506. The summed E-state index contributed by atoms with van der Waals surface area (Å²) >= 11 is 0. The van der Waals surface area contributed by atoms with Crippen molar-refractivity contribution in [2.45, 2.75) is 51.4 Å². The highest BCUT2D eigenvalue weighted by molar-refractivity contribution is 5.08. The Morgan fingerprint density at radius 2 is 2.33 bits per heavy atom. The molecule has 3 nitrogen and oxygen atoms in total. The van der Waals surface area contributed by atoms with Crippen molar-refractivity contribution in [2.24, 2.45) is 11.3 Å². The predicted molar refractivity (Wildman–Crippen MR) is 56.3 cm³/mol. The van der Waals surface area contributed by atoms with Gasteiger partial charge in [0, 0.05) is 5.92 Å². The zero-order valence-electron chi connectivity index (χ0n) is 9.28. The van der Waals surface area contributed by atoms with Crippen LogP contribution in [0.15, 0.2) is 10.9 Å². The molecule has 1 aromatic rings. The second-order valence-corrected chi connectivity index (χ2v) is 5.43. The third-order valence-corrected chi connectivity index (χ3v) is 4.47. The van der Waals surface area contributed by atoms with Crippen molar-refractivity contribution >= 4 is 0 Å². The van der Waals surface area contributed by atoms with Gasteiger partial charge in [-0.25, -0.2) is 0 Å². The molecular weight excluding hydrogens is 188 g/mol. The van der Waals surface area contributed by atoms with Crippen LogP contribution in [-0.2, 0) is 0 Å². The van der Waals surface area contributed by atoms with Gasteiger partial charge < -0.3 is 4.52 Å². The van der Waals surface area contributed by atoms with Gasteiger partial charge in [-0.1, -0.05) is 24.9 Å². The molecule has 15 heavy (non-hydrogen) atoms. The van der Waals surface area contributed by atoms with E-state index >= 15 is 0 Å². The molecule has 0 bridgehead atoms. The minimum absolute atomic E-state index is 0.506. The largest absolute Gasteiger partial charge is 0.339 e. The zero-order valence-corrected chi connectivity index (χ0v) is 9.28. The van der Waals surface area contributed by atoms with Crippen LogP contribution in [0.1, 0.15) is 57.3 Å². The minimum Gasteiger partial charge on any atom is -0.339 e. The van der Waals surface area contributed by atoms with E-state index in [1.807, 2.05) is 0 Å². The molecule has 2 aliphatic carbocycles. The number of hydrogen-bond donors (Lipinski definition) is 0. The number of nitrogens with zero attached hydrogens (tertiary/aromatic N) is 2. The molecule has 2 saturated carbocycles. The van der Waals surface area contributed by atoms with E-state index in [-0.39, 0.29) is 0 Å². The van der Waals surface area contributed by atoms with Crippen LogP contribution in [-0.4, -0.2) is 10.1 Å². The number of rotatable bonds is 1. The van der Waals surface area contributed by atoms with E-state index in [4.69, 9.17) is 4.52 Å². The van der Waals surface area contributed by atoms with Crippen LogP contribution in [0.25, 0.3) is 0 Å². The first-order valence-electron chi connectivity index (χ1n) is 6.07. The van der Waals surface area contributed by atoms with Crippen molar-refractivity contribution in [3.8, 4) is 0 Å². The van der Waals surface area contributed by atoms with Gasteiger partial charge in [-0.05, 0) is 37.0 Å². The molecule has 2 fully saturated rings. The highest BCUT2D eigenvalue weighted by Gasteiger charge is 2.49. The van der Waals surface area contributed by atoms with E-state index in [1.54, 1.807) is 6.33 Å². The van der Waals surface area contributed by atoms with Crippen LogP contribution in [0.4, 0.5) is 0 Å². The SMILES string of the molecule is CC1CCC2(CCCC2c2ncno2)C1. The molecule has 3 heteroatoms. The van der Waals surface area contributed by atoms with Crippen LogP contribution in [0.5, 0.6) is 0 Å². The molecule has 82 valence electrons. The molecule has 2 aliphatic rings. The van der Waals surface area contributed by atoms with Crippen molar-refractivity contribution in [3.05, 3.63) is 12.2 Å². The molecule has 0 aliphatic heterocycles. The topological polar surface area (TPSA) is 38.9 Å². The number of aromatic nitrogens is 2. The first-order valence-corrected chi connectivity index (χ1v) is 6.07. The molecule has 1 spiro atoms. The fourth-order valence-electron chi connectivity index (χ4n) is 3.83. The normalized spacial score (nSPS) is 40.3. The third kappa shape index (κ3) is 1.40. The monoisotopic (exact) mass is 206 g/mol. The molecular formula is C12H18N2O. The van der Waals surface area contributed by atoms with E-state index in [1.165, 1.54) is 38.5 Å².